The third kappa shape index (κ3) is 6.21. The fraction of sp³-hybridized carbons (Fsp3) is 0.362. The number of hydrogen-bond donors (Lipinski definition) is 1. The quantitative estimate of drug-likeness (QED) is 0.127. The van der Waals surface area contributed by atoms with Crippen molar-refractivity contribution in [3.05, 3.63) is 139 Å². The molecule has 5 aromatic heterocycles. The Morgan fingerprint density at radius 3 is 2.42 bits per heavy atom. The van der Waals surface area contributed by atoms with Crippen molar-refractivity contribution in [3.8, 4) is 17.2 Å². The summed E-state index contributed by atoms with van der Waals surface area (Å²) >= 11 is 7.56. The van der Waals surface area contributed by atoms with E-state index in [1.54, 1.807) is 48.7 Å². The van der Waals surface area contributed by atoms with E-state index in [0.29, 0.717) is 58.1 Å². The molecule has 1 N–H and O–H groups in total. The number of imidazole rings is 1. The van der Waals surface area contributed by atoms with Crippen molar-refractivity contribution < 1.29 is 22.8 Å². The van der Waals surface area contributed by atoms with Crippen LogP contribution in [-0.4, -0.2) is 73.0 Å². The number of nitrogens with zero attached hydrogens (tertiary/aromatic N) is 9. The third-order valence-corrected chi connectivity index (χ3v) is 14.3. The zero-order chi connectivity index (χ0) is 45.4. The van der Waals surface area contributed by atoms with Crippen LogP contribution in [0, 0.1) is 31.4 Å². The van der Waals surface area contributed by atoms with Crippen LogP contribution in [-0.2, 0) is 23.7 Å². The summed E-state index contributed by atoms with van der Waals surface area (Å²) in [5.74, 6) is -1.35. The highest BCUT2D eigenvalue weighted by Crippen LogP contribution is 2.56. The van der Waals surface area contributed by atoms with Gasteiger partial charge >= 0.3 is 11.4 Å². The van der Waals surface area contributed by atoms with Crippen LogP contribution in [0.4, 0.5) is 8.78 Å². The molecule has 0 radical (unpaired) electrons. The van der Waals surface area contributed by atoms with Crippen molar-refractivity contribution >= 4 is 39.3 Å². The molecule has 15 nitrogen and oxygen atoms in total. The van der Waals surface area contributed by atoms with E-state index in [9.17, 15) is 9.59 Å². The van der Waals surface area contributed by atoms with Gasteiger partial charge in [0.25, 0.3) is 5.91 Å². The van der Waals surface area contributed by atoms with Crippen LogP contribution in [0.1, 0.15) is 95.7 Å². The number of alkyl halides is 1. The number of fused-ring (bicyclic) bond motifs is 3. The number of carbonyl (C=O) groups is 1. The zero-order valence-electron chi connectivity index (χ0n) is 36.5. The van der Waals surface area contributed by atoms with Crippen LogP contribution in [0.25, 0.3) is 39.0 Å². The van der Waals surface area contributed by atoms with Gasteiger partial charge in [-0.2, -0.15) is 10.2 Å². The molecule has 0 spiro atoms. The van der Waals surface area contributed by atoms with Crippen LogP contribution in [0.3, 0.4) is 0 Å². The zero-order valence-corrected chi connectivity index (χ0v) is 37.3. The highest BCUT2D eigenvalue weighted by atomic mass is 35.5. The Bertz CT molecular complexity index is 3380. The predicted molar refractivity (Wildman–Crippen MR) is 237 cm³/mol. The minimum atomic E-state index is -1.16. The molecule has 4 atom stereocenters. The summed E-state index contributed by atoms with van der Waals surface area (Å²) in [4.78, 5) is 46.8. The highest BCUT2D eigenvalue weighted by Gasteiger charge is 2.59. The molecule has 11 rings (SSSR count). The number of H-pyrrole nitrogens is 1. The number of aromatic nitrogens is 9. The van der Waals surface area contributed by atoms with E-state index in [1.165, 1.54) is 38.5 Å². The van der Waals surface area contributed by atoms with Crippen molar-refractivity contribution in [3.63, 3.8) is 0 Å². The lowest BCUT2D eigenvalue weighted by atomic mass is 9.83. The van der Waals surface area contributed by atoms with Gasteiger partial charge in [-0.25, -0.2) is 23.1 Å². The first kappa shape index (κ1) is 41.1. The summed E-state index contributed by atoms with van der Waals surface area (Å²) in [6, 6.07) is 14.6. The van der Waals surface area contributed by atoms with E-state index in [2.05, 4.69) is 41.2 Å². The summed E-state index contributed by atoms with van der Waals surface area (Å²) in [5.41, 5.74) is 1.94. The third-order valence-electron chi connectivity index (χ3n) is 13.8. The molecular weight excluding hydrogens is 858 g/mol. The van der Waals surface area contributed by atoms with Gasteiger partial charge in [0.15, 0.2) is 17.5 Å². The van der Waals surface area contributed by atoms with E-state index in [4.69, 9.17) is 26.0 Å². The minimum absolute atomic E-state index is 0.00934. The van der Waals surface area contributed by atoms with E-state index >= 15 is 13.6 Å². The van der Waals surface area contributed by atoms with Gasteiger partial charge in [0.05, 0.1) is 45.3 Å². The Balaban J connectivity index is 1.06. The normalized spacial score (nSPS) is 21.7. The standard InChI is InChI=1S/C47H45ClF2N10O5/c1-24-17-30(18-25(2)38(24)49)60-41(58-15-14-56(45(58)63)35-10-9-34-31(39(35)50)23-51-55(34)6)37-32(53-60)11-13-57(40(37)48)42(61)36-20-29-19-27(28-12-16-64-46(4,5)22-28)7-8-33(29)59(36)47(21-26(47)3)43-52-44(62)65-54-43/h7-10,14-15,17-20,23,26,28,40H,11-13,16,21-22H2,1-6H3,(H,52,54,62). The number of amides is 1. The molecule has 2 fully saturated rings. The predicted octanol–water partition coefficient (Wildman–Crippen LogP) is 7.62. The molecule has 18 heteroatoms. The first-order valence-electron chi connectivity index (χ1n) is 21.7. The molecule has 65 heavy (non-hydrogen) atoms. The van der Waals surface area contributed by atoms with Crippen molar-refractivity contribution in [1.29, 1.82) is 0 Å². The van der Waals surface area contributed by atoms with E-state index < -0.39 is 34.2 Å². The van der Waals surface area contributed by atoms with E-state index in [0.717, 1.165) is 29.3 Å². The smallest absolute Gasteiger partial charge is 0.376 e. The fourth-order valence-corrected chi connectivity index (χ4v) is 10.9. The second-order valence-corrected chi connectivity index (χ2v) is 18.9. The second-order valence-electron chi connectivity index (χ2n) is 18.4. The maximum Gasteiger partial charge on any atom is 0.438 e. The topological polar surface area (TPSA) is 156 Å². The molecule has 4 unspecified atom stereocenters. The first-order valence-corrected chi connectivity index (χ1v) is 22.1. The van der Waals surface area contributed by atoms with E-state index in [-0.39, 0.29) is 53.1 Å². The number of aromatic amines is 1. The lowest BCUT2D eigenvalue weighted by Gasteiger charge is -2.35. The molecular formula is C47H45ClF2N10O5. The summed E-state index contributed by atoms with van der Waals surface area (Å²) < 4.78 is 49.8. The lowest BCUT2D eigenvalue weighted by Crippen LogP contribution is -2.40. The lowest BCUT2D eigenvalue weighted by molar-refractivity contribution is -0.0592. The van der Waals surface area contributed by atoms with Gasteiger partial charge in [-0.1, -0.05) is 29.7 Å². The van der Waals surface area contributed by atoms with Gasteiger partial charge in [0.2, 0.25) is 0 Å². The summed E-state index contributed by atoms with van der Waals surface area (Å²) in [5, 5.41) is 14.4. The molecule has 0 bridgehead atoms. The van der Waals surface area contributed by atoms with Crippen molar-refractivity contribution in [2.75, 3.05) is 13.2 Å². The van der Waals surface area contributed by atoms with Crippen LogP contribution < -0.4 is 11.4 Å². The molecule has 2 aliphatic heterocycles. The average molecular weight is 903 g/mol. The number of carbonyl (C=O) groups excluding carboxylic acids is 1. The Kier molecular flexibility index (Phi) is 9.15. The van der Waals surface area contributed by atoms with Gasteiger partial charge in [-0.3, -0.25) is 28.1 Å². The molecule has 334 valence electrons. The van der Waals surface area contributed by atoms with Crippen LogP contribution in [0.2, 0.25) is 0 Å². The summed E-state index contributed by atoms with van der Waals surface area (Å²) in [7, 11) is 1.71. The van der Waals surface area contributed by atoms with Crippen molar-refractivity contribution in [2.45, 2.75) is 82.9 Å². The summed E-state index contributed by atoms with van der Waals surface area (Å²) in [6.07, 6.45) is 6.90. The molecule has 1 saturated carbocycles. The number of nitrogens with one attached hydrogen (secondary N) is 1. The average Bonchev–Trinajstić information content (AvgIpc) is 3.90. The molecule has 8 aromatic rings. The fourth-order valence-electron chi connectivity index (χ4n) is 10.5. The molecule has 1 aliphatic carbocycles. The number of benzene rings is 3. The monoisotopic (exact) mass is 902 g/mol. The number of halogens is 3. The number of ether oxygens (including phenoxy) is 1. The SMILES string of the molecule is Cc1cc(-n2nc3c(c2-n2ccn(-c4ccc5c(cnn5C)c4F)c2=O)C(Cl)N(C(=O)c2cc4cc(C5CCOC(C)(C)C5)ccc4n2C2(c4noc(=O)[nH]4)CC2C)CC3)cc(C)c1F. The number of hydrogen-bond acceptors (Lipinski definition) is 8. The second kappa shape index (κ2) is 14.5. The first-order chi connectivity index (χ1) is 31.1. The Morgan fingerprint density at radius 1 is 0.969 bits per heavy atom. The van der Waals surface area contributed by atoms with Gasteiger partial charge in [0.1, 0.15) is 22.6 Å². The molecule has 1 amide bonds. The van der Waals surface area contributed by atoms with Gasteiger partial charge < -0.3 is 14.2 Å². The number of aryl methyl sites for hydroxylation is 3. The van der Waals surface area contributed by atoms with Gasteiger partial charge in [-0.15, -0.1) is 0 Å². The molecule has 7 heterocycles. The van der Waals surface area contributed by atoms with Crippen molar-refractivity contribution in [2.24, 2.45) is 13.0 Å². The summed E-state index contributed by atoms with van der Waals surface area (Å²) in [6.45, 7) is 10.3. The van der Waals surface area contributed by atoms with Gasteiger partial charge in [-0.05, 0) is 118 Å². The Hall–Kier alpha value is -6.59. The maximum atomic E-state index is 16.1. The highest BCUT2D eigenvalue weighted by molar-refractivity contribution is 6.22. The maximum absolute atomic E-state index is 16.1. The Morgan fingerprint density at radius 2 is 1.71 bits per heavy atom. The van der Waals surface area contributed by atoms with Gasteiger partial charge in [0, 0.05) is 49.9 Å². The van der Waals surface area contributed by atoms with Crippen LogP contribution >= 0.6 is 11.6 Å². The molecule has 1 saturated heterocycles. The minimum Gasteiger partial charge on any atom is -0.376 e. The molecule has 3 aliphatic rings. The van der Waals surface area contributed by atoms with Crippen molar-refractivity contribution in [1.82, 2.24) is 48.3 Å². The molecule has 3 aromatic carbocycles. The van der Waals surface area contributed by atoms with Crippen LogP contribution in [0.5, 0.6) is 0 Å². The number of rotatable bonds is 7. The largest absolute Gasteiger partial charge is 0.438 e. The van der Waals surface area contributed by atoms with E-state index in [1.807, 2.05) is 23.6 Å². The Labute approximate surface area is 374 Å². The van der Waals surface area contributed by atoms with Crippen LogP contribution in [0.15, 0.2) is 81.2 Å².